The second kappa shape index (κ2) is 9.94. The zero-order valence-corrected chi connectivity index (χ0v) is 17.3. The number of carbonyl (C=O) groups excluding carboxylic acids is 2. The number of benzene rings is 3. The van der Waals surface area contributed by atoms with Gasteiger partial charge in [0, 0.05) is 16.3 Å². The normalized spacial score (nSPS) is 11.5. The van der Waals surface area contributed by atoms with Crippen LogP contribution in [0.4, 0.5) is 11.4 Å². The van der Waals surface area contributed by atoms with Gasteiger partial charge in [-0.3, -0.25) is 9.59 Å². The Kier molecular flexibility index (Phi) is 7.09. The predicted octanol–water partition coefficient (Wildman–Crippen LogP) is 5.30. The first kappa shape index (κ1) is 20.7. The van der Waals surface area contributed by atoms with Gasteiger partial charge in [-0.25, -0.2) is 0 Å². The maximum atomic E-state index is 12.5. The van der Waals surface area contributed by atoms with Crippen molar-refractivity contribution < 1.29 is 9.59 Å². The summed E-state index contributed by atoms with van der Waals surface area (Å²) in [6.07, 6.45) is 0.327. The van der Waals surface area contributed by atoms with E-state index in [9.17, 15) is 9.59 Å². The second-order valence-electron chi connectivity index (χ2n) is 6.80. The third-order valence-corrected chi connectivity index (χ3v) is 5.50. The largest absolute Gasteiger partial charge is 0.326 e. The van der Waals surface area contributed by atoms with Crippen LogP contribution in [0.2, 0.25) is 0 Å². The number of amides is 2. The van der Waals surface area contributed by atoms with E-state index in [4.69, 9.17) is 0 Å². The van der Waals surface area contributed by atoms with Crippen molar-refractivity contribution in [3.8, 4) is 0 Å². The summed E-state index contributed by atoms with van der Waals surface area (Å²) < 4.78 is 0. The zero-order chi connectivity index (χ0) is 20.6. The maximum absolute atomic E-state index is 12.5. The Balaban J connectivity index is 1.58. The number of para-hydroxylation sites is 1. The molecule has 4 nitrogen and oxygen atoms in total. The van der Waals surface area contributed by atoms with Crippen LogP contribution in [0.5, 0.6) is 0 Å². The lowest BCUT2D eigenvalue weighted by Gasteiger charge is -2.14. The average molecular weight is 405 g/mol. The summed E-state index contributed by atoms with van der Waals surface area (Å²) in [5, 5.41) is 5.63. The van der Waals surface area contributed by atoms with Crippen molar-refractivity contribution in [1.29, 1.82) is 0 Å². The smallest absolute Gasteiger partial charge is 0.237 e. The number of thioether (sulfide) groups is 1. The van der Waals surface area contributed by atoms with Crippen LogP contribution in [0.25, 0.3) is 0 Å². The first-order valence-electron chi connectivity index (χ1n) is 9.48. The molecule has 3 aromatic carbocycles. The molecule has 0 radical (unpaired) electrons. The minimum absolute atomic E-state index is 0.0529. The third kappa shape index (κ3) is 6.22. The minimum atomic E-state index is -0.273. The van der Waals surface area contributed by atoms with Crippen LogP contribution in [-0.4, -0.2) is 17.1 Å². The van der Waals surface area contributed by atoms with Gasteiger partial charge in [0.25, 0.3) is 0 Å². The van der Waals surface area contributed by atoms with Gasteiger partial charge in [-0.1, -0.05) is 54.6 Å². The van der Waals surface area contributed by atoms with Crippen LogP contribution < -0.4 is 10.6 Å². The molecule has 0 aliphatic carbocycles. The zero-order valence-electron chi connectivity index (χ0n) is 16.5. The molecule has 0 bridgehead atoms. The quantitative estimate of drug-likeness (QED) is 0.526. The Morgan fingerprint density at radius 1 is 0.897 bits per heavy atom. The molecular formula is C24H24N2O2S. The molecule has 0 saturated heterocycles. The summed E-state index contributed by atoms with van der Waals surface area (Å²) in [6, 6.07) is 24.9. The van der Waals surface area contributed by atoms with Crippen molar-refractivity contribution in [2.75, 3.05) is 10.6 Å². The highest BCUT2D eigenvalue weighted by Gasteiger charge is 2.15. The van der Waals surface area contributed by atoms with Crippen molar-refractivity contribution in [3.63, 3.8) is 0 Å². The molecule has 1 atom stereocenters. The van der Waals surface area contributed by atoms with E-state index in [0.29, 0.717) is 6.42 Å². The van der Waals surface area contributed by atoms with Crippen molar-refractivity contribution in [3.05, 3.63) is 90.0 Å². The van der Waals surface area contributed by atoms with Crippen LogP contribution >= 0.6 is 11.8 Å². The van der Waals surface area contributed by atoms with Gasteiger partial charge >= 0.3 is 0 Å². The topological polar surface area (TPSA) is 58.2 Å². The van der Waals surface area contributed by atoms with E-state index in [1.807, 2.05) is 92.7 Å². The number of anilines is 2. The van der Waals surface area contributed by atoms with E-state index in [-0.39, 0.29) is 17.1 Å². The molecule has 0 fully saturated rings. The summed E-state index contributed by atoms with van der Waals surface area (Å²) in [5.41, 5.74) is 3.55. The van der Waals surface area contributed by atoms with Gasteiger partial charge in [-0.15, -0.1) is 11.8 Å². The van der Waals surface area contributed by atoms with E-state index in [2.05, 4.69) is 10.6 Å². The Morgan fingerprint density at radius 3 is 2.38 bits per heavy atom. The Morgan fingerprint density at radius 2 is 1.62 bits per heavy atom. The lowest BCUT2D eigenvalue weighted by Crippen LogP contribution is -2.22. The molecule has 0 saturated carbocycles. The molecule has 0 spiro atoms. The molecule has 0 heterocycles. The van der Waals surface area contributed by atoms with Crippen molar-refractivity contribution >= 4 is 35.0 Å². The summed E-state index contributed by atoms with van der Waals surface area (Å²) in [4.78, 5) is 25.7. The van der Waals surface area contributed by atoms with E-state index in [1.54, 1.807) is 0 Å². The molecule has 5 heteroatoms. The highest BCUT2D eigenvalue weighted by molar-refractivity contribution is 8.00. The minimum Gasteiger partial charge on any atom is -0.326 e. The number of hydrogen-bond acceptors (Lipinski definition) is 3. The Hall–Kier alpha value is -3.05. The van der Waals surface area contributed by atoms with E-state index < -0.39 is 0 Å². The highest BCUT2D eigenvalue weighted by Crippen LogP contribution is 2.27. The second-order valence-corrected chi connectivity index (χ2v) is 8.22. The fourth-order valence-corrected chi connectivity index (χ4v) is 3.77. The SMILES string of the molecule is Cc1ccccc1NC(=O)C(C)Sc1cccc(NC(=O)Cc2ccccc2)c1. The maximum Gasteiger partial charge on any atom is 0.237 e. The number of nitrogens with one attached hydrogen (secondary N) is 2. The molecule has 0 aliphatic heterocycles. The Bertz CT molecular complexity index is 989. The van der Waals surface area contributed by atoms with Gasteiger partial charge in [0.05, 0.1) is 11.7 Å². The number of aryl methyl sites for hydroxylation is 1. The van der Waals surface area contributed by atoms with E-state index >= 15 is 0 Å². The molecule has 2 N–H and O–H groups in total. The molecular weight excluding hydrogens is 380 g/mol. The van der Waals surface area contributed by atoms with Gasteiger partial charge < -0.3 is 10.6 Å². The molecule has 0 aromatic heterocycles. The van der Waals surface area contributed by atoms with Gasteiger partial charge in [-0.2, -0.15) is 0 Å². The lowest BCUT2D eigenvalue weighted by atomic mass is 10.1. The highest BCUT2D eigenvalue weighted by atomic mass is 32.2. The average Bonchev–Trinajstić information content (AvgIpc) is 2.70. The lowest BCUT2D eigenvalue weighted by molar-refractivity contribution is -0.116. The van der Waals surface area contributed by atoms with Crippen LogP contribution in [0, 0.1) is 6.92 Å². The van der Waals surface area contributed by atoms with Crippen LogP contribution in [0.3, 0.4) is 0 Å². The standard InChI is InChI=1S/C24H24N2O2S/c1-17-9-6-7-14-22(17)26-24(28)18(2)29-21-13-8-12-20(16-21)25-23(27)15-19-10-4-3-5-11-19/h3-14,16,18H,15H2,1-2H3,(H,25,27)(H,26,28). The molecule has 29 heavy (non-hydrogen) atoms. The van der Waals surface area contributed by atoms with E-state index in [1.165, 1.54) is 11.8 Å². The van der Waals surface area contributed by atoms with Crippen molar-refractivity contribution in [2.24, 2.45) is 0 Å². The number of carbonyl (C=O) groups is 2. The van der Waals surface area contributed by atoms with Crippen LogP contribution in [-0.2, 0) is 16.0 Å². The summed E-state index contributed by atoms with van der Waals surface area (Å²) in [6.45, 7) is 3.84. The number of rotatable bonds is 7. The first-order chi connectivity index (χ1) is 14.0. The van der Waals surface area contributed by atoms with Gasteiger partial charge in [0.15, 0.2) is 0 Å². The third-order valence-electron chi connectivity index (χ3n) is 4.41. The van der Waals surface area contributed by atoms with Gasteiger partial charge in [0.2, 0.25) is 11.8 Å². The molecule has 3 aromatic rings. The molecule has 3 rings (SSSR count). The molecule has 0 aliphatic rings. The fraction of sp³-hybridized carbons (Fsp3) is 0.167. The monoisotopic (exact) mass is 404 g/mol. The predicted molar refractivity (Wildman–Crippen MR) is 120 cm³/mol. The van der Waals surface area contributed by atoms with E-state index in [0.717, 1.165) is 27.4 Å². The van der Waals surface area contributed by atoms with Crippen LogP contribution in [0.15, 0.2) is 83.8 Å². The number of hydrogen-bond donors (Lipinski definition) is 2. The fourth-order valence-electron chi connectivity index (χ4n) is 2.84. The summed E-state index contributed by atoms with van der Waals surface area (Å²) >= 11 is 1.46. The molecule has 148 valence electrons. The van der Waals surface area contributed by atoms with Gasteiger partial charge in [0.1, 0.15) is 0 Å². The summed E-state index contributed by atoms with van der Waals surface area (Å²) in [7, 11) is 0. The Labute approximate surface area is 175 Å². The first-order valence-corrected chi connectivity index (χ1v) is 10.4. The molecule has 2 amide bonds. The van der Waals surface area contributed by atoms with Crippen molar-refractivity contribution in [2.45, 2.75) is 30.4 Å². The van der Waals surface area contributed by atoms with Gasteiger partial charge in [-0.05, 0) is 49.2 Å². The summed E-state index contributed by atoms with van der Waals surface area (Å²) in [5.74, 6) is -0.119. The van der Waals surface area contributed by atoms with Crippen LogP contribution in [0.1, 0.15) is 18.1 Å². The molecule has 1 unspecified atom stereocenters. The van der Waals surface area contributed by atoms with Crippen molar-refractivity contribution in [1.82, 2.24) is 0 Å².